The predicted octanol–water partition coefficient (Wildman–Crippen LogP) is 3.78. The molecule has 1 unspecified atom stereocenters. The molecule has 0 rings (SSSR count). The molecule has 0 saturated heterocycles. The van der Waals surface area contributed by atoms with Gasteiger partial charge in [-0.2, -0.15) is 0 Å². The number of rotatable bonds is 25. The molecule has 2 N–H and O–H groups in total. The van der Waals surface area contributed by atoms with E-state index in [9.17, 15) is 0 Å². The summed E-state index contributed by atoms with van der Waals surface area (Å²) in [4.78, 5) is 0. The molecule has 10 nitrogen and oxygen atoms in total. The molecule has 0 radical (unpaired) electrons. The molecule has 0 aliphatic rings. The fourth-order valence-corrected chi connectivity index (χ4v) is 26.6. The van der Waals surface area contributed by atoms with Gasteiger partial charge < -0.3 is 45.7 Å². The van der Waals surface area contributed by atoms with Crippen LogP contribution in [0.15, 0.2) is 0 Å². The van der Waals surface area contributed by atoms with E-state index in [1.165, 1.54) is 6.04 Å². The Kier molecular flexibility index (Phi) is 19.8. The summed E-state index contributed by atoms with van der Waals surface area (Å²) in [5, 5.41) is 7.76. The minimum atomic E-state index is -2.76. The Morgan fingerprint density at radius 3 is 1.35 bits per heavy atom. The van der Waals surface area contributed by atoms with Gasteiger partial charge in [0.15, 0.2) is 16.6 Å². The third kappa shape index (κ3) is 14.1. The SMILES string of the molecule is CO[Si](C)(CCCNC(NCCC[Si](C)(OC)OC)[SiH2]CC[Si](C)(C)O[Si](C)(C)C(C)[Si](OC)(OC)OC)OC. The van der Waals surface area contributed by atoms with E-state index in [-0.39, 0.29) is 5.16 Å². The highest BCUT2D eigenvalue weighted by atomic mass is 28.5. The zero-order chi connectivity index (χ0) is 31.1. The highest BCUT2D eigenvalue weighted by Gasteiger charge is 2.54. The molecular formula is C24H64N2O8Si6. The summed E-state index contributed by atoms with van der Waals surface area (Å²) in [6.45, 7) is 17.6. The van der Waals surface area contributed by atoms with Crippen LogP contribution in [0.25, 0.3) is 0 Å². The second-order valence-electron chi connectivity index (χ2n) is 12.0. The molecule has 1 atom stereocenters. The first-order chi connectivity index (χ1) is 18.6. The van der Waals surface area contributed by atoms with Gasteiger partial charge in [-0.1, -0.05) is 13.0 Å². The zero-order valence-corrected chi connectivity index (χ0v) is 34.7. The maximum Gasteiger partial charge on any atom is 0.502 e. The van der Waals surface area contributed by atoms with E-state index < -0.39 is 52.1 Å². The Balaban J connectivity index is 5.12. The Labute approximate surface area is 254 Å². The van der Waals surface area contributed by atoms with E-state index in [1.807, 2.05) is 0 Å². The lowest BCUT2D eigenvalue weighted by Crippen LogP contribution is -2.59. The highest BCUT2D eigenvalue weighted by molar-refractivity contribution is 6.93. The van der Waals surface area contributed by atoms with Crippen molar-refractivity contribution >= 4 is 52.1 Å². The summed E-state index contributed by atoms with van der Waals surface area (Å²) in [5.74, 6) is 0.375. The largest absolute Gasteiger partial charge is 0.502 e. The standard InChI is InChI=1S/C24H64N2O8Si6/c1-23(40(31-6,32-7)33-8)37(11,12)34-36(9,10)22-19-35-24(25-17-15-20-38(13,27-2)28-3)26-18-16-21-39(14,29-4)30-5/h23-26H,15-22,35H2,1-14H3. The third-order valence-electron chi connectivity index (χ3n) is 8.36. The summed E-state index contributed by atoms with van der Waals surface area (Å²) in [5.41, 5.74) is 0. The smallest absolute Gasteiger partial charge is 0.455 e. The van der Waals surface area contributed by atoms with Crippen molar-refractivity contribution < 1.29 is 35.1 Å². The van der Waals surface area contributed by atoms with Gasteiger partial charge in [0.25, 0.3) is 0 Å². The van der Waals surface area contributed by atoms with Gasteiger partial charge in [0, 0.05) is 60.7 Å². The van der Waals surface area contributed by atoms with Crippen LogP contribution in [0.1, 0.15) is 19.8 Å². The predicted molar refractivity (Wildman–Crippen MR) is 180 cm³/mol. The summed E-state index contributed by atoms with van der Waals surface area (Å²) < 4.78 is 47.1. The highest BCUT2D eigenvalue weighted by Crippen LogP contribution is 2.36. The molecule has 0 aromatic heterocycles. The Morgan fingerprint density at radius 2 is 1.00 bits per heavy atom. The number of hydrogen-bond acceptors (Lipinski definition) is 10. The monoisotopic (exact) mass is 676 g/mol. The lowest BCUT2D eigenvalue weighted by Gasteiger charge is -2.42. The molecule has 0 bridgehead atoms. The molecule has 0 aromatic rings. The van der Waals surface area contributed by atoms with E-state index in [4.69, 9.17) is 35.1 Å². The summed E-state index contributed by atoms with van der Waals surface area (Å²) >= 11 is 0. The van der Waals surface area contributed by atoms with E-state index in [0.717, 1.165) is 44.1 Å². The lowest BCUT2D eigenvalue weighted by molar-refractivity contribution is 0.119. The normalized spacial score (nSPS) is 15.1. The average molecular weight is 677 g/mol. The fraction of sp³-hybridized carbons (Fsp3) is 1.00. The molecule has 0 aromatic carbocycles. The molecule has 0 amide bonds. The maximum atomic E-state index is 7.01. The van der Waals surface area contributed by atoms with Gasteiger partial charge in [0.05, 0.1) is 9.52 Å². The van der Waals surface area contributed by atoms with Crippen LogP contribution in [0.5, 0.6) is 0 Å². The zero-order valence-electron chi connectivity index (χ0n) is 28.3. The van der Waals surface area contributed by atoms with Crippen LogP contribution < -0.4 is 10.6 Å². The van der Waals surface area contributed by atoms with Crippen molar-refractivity contribution in [2.75, 3.05) is 62.9 Å². The van der Waals surface area contributed by atoms with E-state index in [0.29, 0.717) is 5.79 Å². The van der Waals surface area contributed by atoms with Crippen LogP contribution in [0, 0.1) is 0 Å². The molecule has 0 spiro atoms. The Bertz CT molecular complexity index is 637. The van der Waals surface area contributed by atoms with Crippen LogP contribution in [0.2, 0.25) is 68.6 Å². The quantitative estimate of drug-likeness (QED) is 0.0845. The van der Waals surface area contributed by atoms with Gasteiger partial charge in [-0.25, -0.2) is 0 Å². The average Bonchev–Trinajstić information content (AvgIpc) is 2.93. The van der Waals surface area contributed by atoms with Gasteiger partial charge in [-0.3, -0.25) is 0 Å². The summed E-state index contributed by atoms with van der Waals surface area (Å²) in [6, 6.07) is 4.34. The third-order valence-corrected chi connectivity index (χ3v) is 30.8. The maximum absolute atomic E-state index is 7.01. The second kappa shape index (κ2) is 19.3. The van der Waals surface area contributed by atoms with Crippen molar-refractivity contribution in [3.05, 3.63) is 0 Å². The summed E-state index contributed by atoms with van der Waals surface area (Å²) in [6.07, 6.45) is 2.08. The van der Waals surface area contributed by atoms with Crippen LogP contribution >= 0.6 is 0 Å². The van der Waals surface area contributed by atoms with Gasteiger partial charge in [-0.15, -0.1) is 0 Å². The Morgan fingerprint density at radius 1 is 0.600 bits per heavy atom. The number of hydrogen-bond donors (Lipinski definition) is 2. The van der Waals surface area contributed by atoms with Crippen molar-refractivity contribution in [3.63, 3.8) is 0 Å². The van der Waals surface area contributed by atoms with Crippen molar-refractivity contribution in [2.24, 2.45) is 0 Å². The molecular weight excluding hydrogens is 613 g/mol. The van der Waals surface area contributed by atoms with Crippen molar-refractivity contribution in [1.29, 1.82) is 0 Å². The molecule has 0 saturated carbocycles. The molecule has 0 aliphatic carbocycles. The second-order valence-corrected chi connectivity index (χ2v) is 34.1. The molecule has 0 heterocycles. The summed E-state index contributed by atoms with van der Waals surface area (Å²) in [7, 11) is 0.828. The first-order valence-electron chi connectivity index (χ1n) is 14.6. The number of nitrogens with one attached hydrogen (secondary N) is 2. The van der Waals surface area contributed by atoms with E-state index >= 15 is 0 Å². The van der Waals surface area contributed by atoms with Gasteiger partial charge >= 0.3 is 25.9 Å². The first-order valence-corrected chi connectivity index (χ1v) is 29.4. The lowest BCUT2D eigenvalue weighted by atomic mass is 10.4. The topological polar surface area (TPSA) is 97.9 Å². The van der Waals surface area contributed by atoms with Crippen LogP contribution in [-0.4, -0.2) is 121 Å². The first kappa shape index (κ1) is 40.9. The molecule has 0 aliphatic heterocycles. The Hall–Kier alpha value is 0.901. The van der Waals surface area contributed by atoms with Crippen molar-refractivity contribution in [1.82, 2.24) is 10.6 Å². The molecule has 242 valence electrons. The molecule has 40 heavy (non-hydrogen) atoms. The molecule has 0 fully saturated rings. The van der Waals surface area contributed by atoms with Crippen LogP contribution in [0.4, 0.5) is 0 Å². The van der Waals surface area contributed by atoms with E-state index in [2.05, 4.69) is 56.8 Å². The van der Waals surface area contributed by atoms with Crippen LogP contribution in [0.3, 0.4) is 0 Å². The minimum absolute atomic E-state index is 0.141. The molecule has 16 heteroatoms. The van der Waals surface area contributed by atoms with Crippen molar-refractivity contribution in [3.8, 4) is 0 Å². The minimum Gasteiger partial charge on any atom is -0.455 e. The van der Waals surface area contributed by atoms with Gasteiger partial charge in [0.1, 0.15) is 0 Å². The van der Waals surface area contributed by atoms with Crippen molar-refractivity contribution in [2.45, 2.75) is 94.2 Å². The van der Waals surface area contributed by atoms with E-state index in [1.54, 1.807) is 49.8 Å². The fourth-order valence-electron chi connectivity index (χ4n) is 5.01. The van der Waals surface area contributed by atoms with Crippen LogP contribution in [-0.2, 0) is 35.1 Å². The van der Waals surface area contributed by atoms with Gasteiger partial charge in [-0.05, 0) is 83.3 Å². The van der Waals surface area contributed by atoms with Gasteiger partial charge in [0.2, 0.25) is 0 Å².